The lowest BCUT2D eigenvalue weighted by atomic mass is 10.2. The average Bonchev–Trinajstić information content (AvgIpc) is 2.60. The Kier molecular flexibility index (Phi) is 5.05. The first-order valence-electron chi connectivity index (χ1n) is 5.81. The molecule has 1 fully saturated rings. The molecule has 0 aliphatic carbocycles. The number of hydrogen-bond donors (Lipinski definition) is 2. The molecule has 1 atom stereocenters. The predicted octanol–water partition coefficient (Wildman–Crippen LogP) is 0.195. The highest BCUT2D eigenvalue weighted by Crippen LogP contribution is 2.11. The Bertz CT molecular complexity index is 206. The molecule has 88 valence electrons. The third kappa shape index (κ3) is 4.62. The number of nitrogens with zero attached hydrogens (tertiary/aromatic N) is 1. The van der Waals surface area contributed by atoms with Gasteiger partial charge in [0.2, 0.25) is 5.91 Å². The molecule has 0 aromatic rings. The van der Waals surface area contributed by atoms with Crippen LogP contribution in [0, 0.1) is 0 Å². The molecule has 1 aliphatic heterocycles. The van der Waals surface area contributed by atoms with E-state index in [4.69, 9.17) is 0 Å². The third-order valence-corrected chi connectivity index (χ3v) is 2.88. The van der Waals surface area contributed by atoms with E-state index in [0.717, 1.165) is 19.6 Å². The molecule has 1 unspecified atom stereocenters. The second kappa shape index (κ2) is 6.08. The smallest absolute Gasteiger partial charge is 0.216 e. The molecule has 15 heavy (non-hydrogen) atoms. The Morgan fingerprint density at radius 3 is 2.73 bits per heavy atom. The Balaban J connectivity index is 2.06. The van der Waals surface area contributed by atoms with E-state index in [0.29, 0.717) is 12.1 Å². The summed E-state index contributed by atoms with van der Waals surface area (Å²) in [5.41, 5.74) is 0. The summed E-state index contributed by atoms with van der Waals surface area (Å²) >= 11 is 0. The van der Waals surface area contributed by atoms with Gasteiger partial charge in [-0.2, -0.15) is 0 Å². The molecular formula is C11H23N3O. The van der Waals surface area contributed by atoms with Gasteiger partial charge >= 0.3 is 0 Å². The molecule has 0 radical (unpaired) electrons. The molecule has 1 saturated heterocycles. The highest BCUT2D eigenvalue weighted by Gasteiger charge is 2.23. The molecule has 0 spiro atoms. The minimum Gasteiger partial charge on any atom is -0.355 e. The zero-order valence-corrected chi connectivity index (χ0v) is 10.0. The number of rotatable bonds is 5. The maximum atomic E-state index is 10.6. The second-order valence-corrected chi connectivity index (χ2v) is 4.51. The quantitative estimate of drug-likeness (QED) is 0.641. The van der Waals surface area contributed by atoms with Gasteiger partial charge in [-0.25, -0.2) is 0 Å². The molecule has 2 N–H and O–H groups in total. The zero-order chi connectivity index (χ0) is 11.3. The van der Waals surface area contributed by atoms with Crippen molar-refractivity contribution in [2.75, 3.05) is 26.2 Å². The number of nitrogens with one attached hydrogen (secondary N) is 2. The molecule has 1 amide bonds. The van der Waals surface area contributed by atoms with E-state index in [2.05, 4.69) is 29.4 Å². The normalized spacial score (nSPS) is 22.3. The Labute approximate surface area is 92.4 Å². The topological polar surface area (TPSA) is 44.4 Å². The van der Waals surface area contributed by atoms with Crippen LogP contribution >= 0.6 is 0 Å². The Morgan fingerprint density at radius 2 is 2.20 bits per heavy atom. The summed E-state index contributed by atoms with van der Waals surface area (Å²) in [5, 5.41) is 6.25. The van der Waals surface area contributed by atoms with E-state index in [9.17, 15) is 4.79 Å². The van der Waals surface area contributed by atoms with Gasteiger partial charge in [-0.05, 0) is 26.8 Å². The monoisotopic (exact) mass is 213 g/mol. The van der Waals surface area contributed by atoms with Crippen LogP contribution in [0.4, 0.5) is 0 Å². The molecular weight excluding hydrogens is 190 g/mol. The molecule has 4 nitrogen and oxygen atoms in total. The van der Waals surface area contributed by atoms with Gasteiger partial charge < -0.3 is 10.6 Å². The van der Waals surface area contributed by atoms with Crippen LogP contribution in [0.25, 0.3) is 0 Å². The fourth-order valence-corrected chi connectivity index (χ4v) is 1.94. The zero-order valence-electron chi connectivity index (χ0n) is 10.0. The van der Waals surface area contributed by atoms with Crippen LogP contribution in [0.15, 0.2) is 0 Å². The van der Waals surface area contributed by atoms with Gasteiger partial charge in [0.05, 0.1) is 0 Å². The van der Waals surface area contributed by atoms with E-state index in [-0.39, 0.29) is 5.91 Å². The minimum absolute atomic E-state index is 0.0482. The van der Waals surface area contributed by atoms with Crippen LogP contribution in [0.3, 0.4) is 0 Å². The van der Waals surface area contributed by atoms with Gasteiger partial charge in [-0.15, -0.1) is 0 Å². The predicted molar refractivity (Wildman–Crippen MR) is 61.8 cm³/mol. The van der Waals surface area contributed by atoms with Gasteiger partial charge in [0.15, 0.2) is 0 Å². The van der Waals surface area contributed by atoms with Gasteiger partial charge in [0.25, 0.3) is 0 Å². The van der Waals surface area contributed by atoms with Gasteiger partial charge in [-0.1, -0.05) is 0 Å². The van der Waals surface area contributed by atoms with E-state index in [1.165, 1.54) is 13.0 Å². The largest absolute Gasteiger partial charge is 0.355 e. The summed E-state index contributed by atoms with van der Waals surface area (Å²) in [6.45, 7) is 9.95. The van der Waals surface area contributed by atoms with Crippen molar-refractivity contribution in [3.63, 3.8) is 0 Å². The standard InChI is InChI=1S/C11H23N3O/c1-9(2)14-7-4-11(8-14)13-6-5-12-10(3)15/h9,11,13H,4-8H2,1-3H3,(H,12,15). The van der Waals surface area contributed by atoms with Crippen molar-refractivity contribution in [1.82, 2.24) is 15.5 Å². The number of carbonyl (C=O) groups excluding carboxylic acids is 1. The molecule has 4 heteroatoms. The highest BCUT2D eigenvalue weighted by atomic mass is 16.1. The van der Waals surface area contributed by atoms with Gasteiger partial charge in [-0.3, -0.25) is 9.69 Å². The average molecular weight is 213 g/mol. The lowest BCUT2D eigenvalue weighted by molar-refractivity contribution is -0.118. The van der Waals surface area contributed by atoms with Crippen molar-refractivity contribution in [3.8, 4) is 0 Å². The summed E-state index contributed by atoms with van der Waals surface area (Å²) in [7, 11) is 0. The summed E-state index contributed by atoms with van der Waals surface area (Å²) in [6.07, 6.45) is 1.22. The van der Waals surface area contributed by atoms with Crippen molar-refractivity contribution >= 4 is 5.91 Å². The molecule has 1 aliphatic rings. The van der Waals surface area contributed by atoms with Crippen molar-refractivity contribution in [2.45, 2.75) is 39.3 Å². The highest BCUT2D eigenvalue weighted by molar-refractivity contribution is 5.72. The van der Waals surface area contributed by atoms with E-state index in [1.807, 2.05) is 0 Å². The maximum absolute atomic E-state index is 10.6. The number of carbonyl (C=O) groups is 1. The van der Waals surface area contributed by atoms with E-state index >= 15 is 0 Å². The van der Waals surface area contributed by atoms with Crippen LogP contribution in [-0.2, 0) is 4.79 Å². The summed E-state index contributed by atoms with van der Waals surface area (Å²) in [6, 6.07) is 1.24. The lowest BCUT2D eigenvalue weighted by Crippen LogP contribution is -2.39. The molecule has 1 heterocycles. The summed E-state index contributed by atoms with van der Waals surface area (Å²) in [4.78, 5) is 13.1. The van der Waals surface area contributed by atoms with Gasteiger partial charge in [0.1, 0.15) is 0 Å². The van der Waals surface area contributed by atoms with Crippen LogP contribution in [0.2, 0.25) is 0 Å². The number of hydrogen-bond acceptors (Lipinski definition) is 3. The Morgan fingerprint density at radius 1 is 1.47 bits per heavy atom. The SMILES string of the molecule is CC(=O)NCCNC1CCN(C(C)C)C1. The fraction of sp³-hybridized carbons (Fsp3) is 0.909. The van der Waals surface area contributed by atoms with Crippen molar-refractivity contribution in [1.29, 1.82) is 0 Å². The Hall–Kier alpha value is -0.610. The fourth-order valence-electron chi connectivity index (χ4n) is 1.94. The lowest BCUT2D eigenvalue weighted by Gasteiger charge is -2.20. The van der Waals surface area contributed by atoms with E-state index in [1.54, 1.807) is 6.92 Å². The van der Waals surface area contributed by atoms with Crippen LogP contribution < -0.4 is 10.6 Å². The van der Waals surface area contributed by atoms with E-state index < -0.39 is 0 Å². The van der Waals surface area contributed by atoms with Crippen molar-refractivity contribution in [3.05, 3.63) is 0 Å². The first kappa shape index (κ1) is 12.5. The molecule has 0 aromatic heterocycles. The number of likely N-dealkylation sites (tertiary alicyclic amines) is 1. The van der Waals surface area contributed by atoms with Crippen LogP contribution in [-0.4, -0.2) is 49.1 Å². The first-order valence-corrected chi connectivity index (χ1v) is 5.81. The molecule has 0 saturated carbocycles. The summed E-state index contributed by atoms with van der Waals surface area (Å²) < 4.78 is 0. The van der Waals surface area contributed by atoms with Crippen molar-refractivity contribution < 1.29 is 4.79 Å². The maximum Gasteiger partial charge on any atom is 0.216 e. The molecule has 0 bridgehead atoms. The van der Waals surface area contributed by atoms with Crippen LogP contribution in [0.1, 0.15) is 27.2 Å². The summed E-state index contributed by atoms with van der Waals surface area (Å²) in [5.74, 6) is 0.0482. The van der Waals surface area contributed by atoms with Crippen LogP contribution in [0.5, 0.6) is 0 Å². The number of amides is 1. The van der Waals surface area contributed by atoms with Gasteiger partial charge in [0, 0.05) is 38.6 Å². The first-order chi connectivity index (χ1) is 7.09. The third-order valence-electron chi connectivity index (χ3n) is 2.88. The van der Waals surface area contributed by atoms with Crippen molar-refractivity contribution in [2.24, 2.45) is 0 Å². The molecule has 1 rings (SSSR count). The second-order valence-electron chi connectivity index (χ2n) is 4.51. The molecule has 0 aromatic carbocycles. The minimum atomic E-state index is 0.0482.